The highest BCUT2D eigenvalue weighted by atomic mass is 16.5. The number of likely N-dealkylation sites (tertiary alicyclic amines) is 1. The molecule has 0 aromatic heterocycles. The molecule has 21 heavy (non-hydrogen) atoms. The highest BCUT2D eigenvalue weighted by molar-refractivity contribution is 5.96. The Bertz CT molecular complexity index is 330. The second-order valence-corrected chi connectivity index (χ2v) is 5.48. The minimum absolute atomic E-state index is 0.299. The molecule has 1 atom stereocenters. The van der Waals surface area contributed by atoms with E-state index in [9.17, 15) is 9.59 Å². The average molecular weight is 300 g/mol. The van der Waals surface area contributed by atoms with E-state index >= 15 is 0 Å². The Labute approximate surface area is 126 Å². The van der Waals surface area contributed by atoms with Gasteiger partial charge in [-0.1, -0.05) is 0 Å². The third-order valence-corrected chi connectivity index (χ3v) is 3.89. The number of urea groups is 1. The fourth-order valence-corrected chi connectivity index (χ4v) is 2.35. The first kappa shape index (κ1) is 17.9. The van der Waals surface area contributed by atoms with E-state index in [1.807, 2.05) is 0 Å². The number of hydrogen-bond donors (Lipinski definition) is 3. The molecule has 1 rings (SSSR count). The van der Waals surface area contributed by atoms with Gasteiger partial charge in [-0.3, -0.25) is 10.1 Å². The van der Waals surface area contributed by atoms with Crippen LogP contribution >= 0.6 is 0 Å². The first-order valence-electron chi connectivity index (χ1n) is 7.54. The van der Waals surface area contributed by atoms with Crippen LogP contribution in [0, 0.1) is 5.92 Å². The van der Waals surface area contributed by atoms with Crippen molar-refractivity contribution in [2.24, 2.45) is 5.92 Å². The molecule has 1 unspecified atom stereocenters. The Morgan fingerprint density at radius 1 is 1.33 bits per heavy atom. The molecule has 1 aliphatic rings. The lowest BCUT2D eigenvalue weighted by molar-refractivity contribution is -0.121. The number of amides is 3. The summed E-state index contributed by atoms with van der Waals surface area (Å²) in [6.07, 6.45) is 2.25. The number of piperidine rings is 1. The summed E-state index contributed by atoms with van der Waals surface area (Å²) in [4.78, 5) is 25.2. The average Bonchev–Trinajstić information content (AvgIpc) is 2.51. The highest BCUT2D eigenvalue weighted by Crippen LogP contribution is 2.16. The predicted molar refractivity (Wildman–Crippen MR) is 81.1 cm³/mol. The Balaban J connectivity index is 2.18. The molecule has 1 aliphatic heterocycles. The molecule has 7 heteroatoms. The van der Waals surface area contributed by atoms with Crippen LogP contribution in [0.2, 0.25) is 0 Å². The number of imide groups is 1. The topological polar surface area (TPSA) is 82.7 Å². The summed E-state index contributed by atoms with van der Waals surface area (Å²) < 4.78 is 5.09. The smallest absolute Gasteiger partial charge is 0.321 e. The Hall–Kier alpha value is -1.18. The first-order chi connectivity index (χ1) is 10.1. The lowest BCUT2D eigenvalue weighted by Gasteiger charge is -2.32. The number of carbonyl (C=O) groups is 2. The quantitative estimate of drug-likeness (QED) is 0.605. The number of nitrogens with zero attached hydrogens (tertiary/aromatic N) is 1. The van der Waals surface area contributed by atoms with E-state index in [4.69, 9.17) is 4.74 Å². The van der Waals surface area contributed by atoms with Gasteiger partial charge in [-0.2, -0.15) is 0 Å². The van der Waals surface area contributed by atoms with E-state index in [1.54, 1.807) is 14.0 Å². The van der Waals surface area contributed by atoms with Gasteiger partial charge in [0.25, 0.3) is 0 Å². The zero-order chi connectivity index (χ0) is 15.7. The monoisotopic (exact) mass is 300 g/mol. The molecule has 0 aromatic carbocycles. The molecular weight excluding hydrogens is 272 g/mol. The normalized spacial score (nSPS) is 18.2. The van der Waals surface area contributed by atoms with E-state index in [2.05, 4.69) is 20.9 Å². The second kappa shape index (κ2) is 9.70. The fourth-order valence-electron chi connectivity index (χ4n) is 2.35. The SMILES string of the molecule is CNC(=O)NC(=O)C(C)NCC1CCN(CCOC)CC1. The van der Waals surface area contributed by atoms with Crippen LogP contribution in [0.4, 0.5) is 4.79 Å². The van der Waals surface area contributed by atoms with E-state index in [1.165, 1.54) is 7.05 Å². The minimum Gasteiger partial charge on any atom is -0.383 e. The Morgan fingerprint density at radius 2 is 2.00 bits per heavy atom. The lowest BCUT2D eigenvalue weighted by atomic mass is 9.96. The van der Waals surface area contributed by atoms with Crippen LogP contribution in [0.1, 0.15) is 19.8 Å². The van der Waals surface area contributed by atoms with Crippen LogP contribution in [0.5, 0.6) is 0 Å². The van der Waals surface area contributed by atoms with E-state index in [0.29, 0.717) is 5.92 Å². The fraction of sp³-hybridized carbons (Fsp3) is 0.857. The van der Waals surface area contributed by atoms with Gasteiger partial charge in [0.15, 0.2) is 0 Å². The second-order valence-electron chi connectivity index (χ2n) is 5.48. The largest absolute Gasteiger partial charge is 0.383 e. The van der Waals surface area contributed by atoms with Crippen molar-refractivity contribution in [3.63, 3.8) is 0 Å². The van der Waals surface area contributed by atoms with Crippen molar-refractivity contribution < 1.29 is 14.3 Å². The molecule has 1 fully saturated rings. The third kappa shape index (κ3) is 6.88. The predicted octanol–water partition coefficient (Wildman–Crippen LogP) is -0.221. The Morgan fingerprint density at radius 3 is 2.57 bits per heavy atom. The number of hydrogen-bond acceptors (Lipinski definition) is 5. The van der Waals surface area contributed by atoms with Gasteiger partial charge in [0.05, 0.1) is 12.6 Å². The van der Waals surface area contributed by atoms with Gasteiger partial charge in [0.2, 0.25) is 5.91 Å². The molecule has 1 heterocycles. The van der Waals surface area contributed by atoms with Gasteiger partial charge in [-0.25, -0.2) is 4.79 Å². The maximum absolute atomic E-state index is 11.7. The number of carbonyl (C=O) groups excluding carboxylic acids is 2. The molecule has 0 radical (unpaired) electrons. The molecule has 0 bridgehead atoms. The summed E-state index contributed by atoms with van der Waals surface area (Å²) in [5.74, 6) is 0.283. The van der Waals surface area contributed by atoms with Crippen molar-refractivity contribution in [1.29, 1.82) is 0 Å². The summed E-state index contributed by atoms with van der Waals surface area (Å²) >= 11 is 0. The number of ether oxygens (including phenoxy) is 1. The molecule has 0 saturated carbocycles. The van der Waals surface area contributed by atoms with Crippen molar-refractivity contribution in [2.75, 3.05) is 46.9 Å². The highest BCUT2D eigenvalue weighted by Gasteiger charge is 2.21. The minimum atomic E-state index is -0.472. The molecule has 122 valence electrons. The van der Waals surface area contributed by atoms with Crippen LogP contribution in [0.3, 0.4) is 0 Å². The number of nitrogens with one attached hydrogen (secondary N) is 3. The van der Waals surface area contributed by atoms with Gasteiger partial charge in [0.1, 0.15) is 0 Å². The van der Waals surface area contributed by atoms with Crippen LogP contribution in [0.25, 0.3) is 0 Å². The zero-order valence-corrected chi connectivity index (χ0v) is 13.3. The van der Waals surface area contributed by atoms with E-state index in [0.717, 1.165) is 45.6 Å². The van der Waals surface area contributed by atoms with Crippen molar-refractivity contribution in [3.05, 3.63) is 0 Å². The zero-order valence-electron chi connectivity index (χ0n) is 13.3. The summed E-state index contributed by atoms with van der Waals surface area (Å²) in [6.45, 7) is 6.50. The Kier molecular flexibility index (Phi) is 8.26. The number of rotatable bonds is 7. The summed E-state index contributed by atoms with van der Waals surface area (Å²) in [5, 5.41) is 7.84. The molecule has 0 aromatic rings. The van der Waals surface area contributed by atoms with Gasteiger partial charge in [-0.15, -0.1) is 0 Å². The maximum atomic E-state index is 11.7. The first-order valence-corrected chi connectivity index (χ1v) is 7.54. The van der Waals surface area contributed by atoms with Crippen molar-refractivity contribution in [2.45, 2.75) is 25.8 Å². The standard InChI is InChI=1S/C14H28N4O3/c1-11(13(19)17-14(20)15-2)16-10-12-4-6-18(7-5-12)8-9-21-3/h11-12,16H,4-10H2,1-3H3,(H2,15,17,19,20). The molecular formula is C14H28N4O3. The van der Waals surface area contributed by atoms with Crippen molar-refractivity contribution in [3.8, 4) is 0 Å². The van der Waals surface area contributed by atoms with Crippen molar-refractivity contribution in [1.82, 2.24) is 20.9 Å². The summed E-state index contributed by atoms with van der Waals surface area (Å²) in [7, 11) is 3.21. The van der Waals surface area contributed by atoms with E-state index < -0.39 is 6.03 Å². The van der Waals surface area contributed by atoms with Gasteiger partial charge in [0, 0.05) is 20.7 Å². The van der Waals surface area contributed by atoms with Crippen LogP contribution in [0.15, 0.2) is 0 Å². The van der Waals surface area contributed by atoms with Gasteiger partial charge < -0.3 is 20.3 Å². The molecule has 3 N–H and O–H groups in total. The molecule has 7 nitrogen and oxygen atoms in total. The number of methoxy groups -OCH3 is 1. The van der Waals surface area contributed by atoms with Crippen molar-refractivity contribution >= 4 is 11.9 Å². The third-order valence-electron chi connectivity index (χ3n) is 3.89. The van der Waals surface area contributed by atoms with Crippen LogP contribution < -0.4 is 16.0 Å². The lowest BCUT2D eigenvalue weighted by Crippen LogP contribution is -2.49. The maximum Gasteiger partial charge on any atom is 0.321 e. The van der Waals surface area contributed by atoms with Gasteiger partial charge >= 0.3 is 6.03 Å². The van der Waals surface area contributed by atoms with Crippen LogP contribution in [-0.2, 0) is 9.53 Å². The molecule has 1 saturated heterocycles. The van der Waals surface area contributed by atoms with Gasteiger partial charge in [-0.05, 0) is 45.3 Å². The van der Waals surface area contributed by atoms with Crippen LogP contribution in [-0.4, -0.2) is 69.8 Å². The molecule has 0 spiro atoms. The molecule has 3 amide bonds. The summed E-state index contributed by atoms with van der Waals surface area (Å²) in [5.41, 5.74) is 0. The van der Waals surface area contributed by atoms with E-state index in [-0.39, 0.29) is 11.9 Å². The summed E-state index contributed by atoms with van der Waals surface area (Å²) in [6, 6.07) is -0.839. The molecule has 0 aliphatic carbocycles.